The van der Waals surface area contributed by atoms with Gasteiger partial charge in [-0.05, 0) is 48.7 Å². The molecule has 3 rings (SSSR count). The lowest BCUT2D eigenvalue weighted by Crippen LogP contribution is -2.22. The summed E-state index contributed by atoms with van der Waals surface area (Å²) in [5.41, 5.74) is 2.90. The zero-order valence-electron chi connectivity index (χ0n) is 15.2. The molecule has 0 radical (unpaired) electrons. The zero-order valence-corrected chi connectivity index (χ0v) is 15.2. The van der Waals surface area contributed by atoms with Crippen molar-refractivity contribution in [1.82, 2.24) is 4.68 Å². The topological polar surface area (TPSA) is 67.4 Å². The number of benzene rings is 2. The number of nitriles is 1. The fourth-order valence-electron chi connectivity index (χ4n) is 2.71. The average molecular weight is 357 g/mol. The summed E-state index contributed by atoms with van der Waals surface area (Å²) < 4.78 is 7.05. The molecule has 0 fully saturated rings. The highest BCUT2D eigenvalue weighted by molar-refractivity contribution is 5.80. The maximum absolute atomic E-state index is 12.4. The third-order valence-electron chi connectivity index (χ3n) is 4.10. The molecule has 2 aromatic carbocycles. The van der Waals surface area contributed by atoms with Gasteiger partial charge in [0, 0.05) is 5.69 Å². The van der Waals surface area contributed by atoms with Crippen molar-refractivity contribution in [2.24, 2.45) is 5.10 Å². The van der Waals surface area contributed by atoms with Gasteiger partial charge in [-0.25, -0.2) is 4.68 Å². The van der Waals surface area contributed by atoms with Crippen LogP contribution in [0.1, 0.15) is 27.9 Å². The Kier molecular flexibility index (Phi) is 5.48. The van der Waals surface area contributed by atoms with Crippen LogP contribution in [0.4, 0.5) is 0 Å². The van der Waals surface area contributed by atoms with Crippen molar-refractivity contribution >= 4 is 6.21 Å². The number of nitrogens with zero attached hydrogens (tertiary/aromatic N) is 3. The molecule has 0 unspecified atom stereocenters. The number of pyridine rings is 1. The molecule has 5 heteroatoms. The number of ether oxygens (including phenoxy) is 1. The van der Waals surface area contributed by atoms with Crippen LogP contribution < -0.4 is 10.3 Å². The number of hydrogen-bond acceptors (Lipinski definition) is 4. The largest absolute Gasteiger partial charge is 0.489 e. The van der Waals surface area contributed by atoms with E-state index in [1.165, 1.54) is 4.68 Å². The Bertz CT molecular complexity index is 1080. The van der Waals surface area contributed by atoms with Gasteiger partial charge in [0.25, 0.3) is 5.56 Å². The highest BCUT2D eigenvalue weighted by Crippen LogP contribution is 2.14. The van der Waals surface area contributed by atoms with Crippen LogP contribution >= 0.6 is 0 Å². The highest BCUT2D eigenvalue weighted by Gasteiger charge is 2.09. The van der Waals surface area contributed by atoms with E-state index in [0.29, 0.717) is 23.6 Å². The highest BCUT2D eigenvalue weighted by atomic mass is 16.5. The van der Waals surface area contributed by atoms with Crippen LogP contribution in [0.15, 0.2) is 70.6 Å². The Morgan fingerprint density at radius 1 is 1.11 bits per heavy atom. The van der Waals surface area contributed by atoms with Gasteiger partial charge < -0.3 is 4.74 Å². The number of aromatic nitrogens is 1. The van der Waals surface area contributed by atoms with E-state index in [0.717, 1.165) is 11.1 Å². The molecule has 0 spiro atoms. The fraction of sp³-hybridized carbons (Fsp3) is 0.136. The van der Waals surface area contributed by atoms with Crippen LogP contribution in [0.25, 0.3) is 0 Å². The van der Waals surface area contributed by atoms with Gasteiger partial charge in [0.15, 0.2) is 0 Å². The van der Waals surface area contributed by atoms with E-state index in [9.17, 15) is 4.79 Å². The van der Waals surface area contributed by atoms with Crippen LogP contribution in [0.3, 0.4) is 0 Å². The van der Waals surface area contributed by atoms with E-state index in [1.54, 1.807) is 26.1 Å². The Morgan fingerprint density at radius 2 is 1.89 bits per heavy atom. The van der Waals surface area contributed by atoms with E-state index in [4.69, 9.17) is 10.00 Å². The molecule has 1 heterocycles. The third kappa shape index (κ3) is 4.31. The molecule has 0 saturated heterocycles. The first kappa shape index (κ1) is 18.2. The second kappa shape index (κ2) is 8.15. The summed E-state index contributed by atoms with van der Waals surface area (Å²) in [4.78, 5) is 12.4. The van der Waals surface area contributed by atoms with Crippen LogP contribution in [-0.4, -0.2) is 10.9 Å². The van der Waals surface area contributed by atoms with E-state index < -0.39 is 5.56 Å². The molecule has 0 bridgehead atoms. The molecule has 5 nitrogen and oxygen atoms in total. The molecule has 0 saturated carbocycles. The first-order chi connectivity index (χ1) is 13.1. The standard InChI is InChI=1S/C22H19N3O2/c1-16-11-17(2)25(22(26)21(16)13-23)24-14-19-9-6-10-20(12-19)27-15-18-7-4-3-5-8-18/h3-12,14H,15H2,1-2H3. The van der Waals surface area contributed by atoms with Crippen molar-refractivity contribution in [3.8, 4) is 11.8 Å². The molecule has 3 aromatic rings. The molecule has 0 aliphatic carbocycles. The van der Waals surface area contributed by atoms with Gasteiger partial charge in [-0.3, -0.25) is 4.79 Å². The Balaban J connectivity index is 1.81. The monoisotopic (exact) mass is 357 g/mol. The molecule has 1 aromatic heterocycles. The lowest BCUT2D eigenvalue weighted by molar-refractivity contribution is 0.306. The normalized spacial score (nSPS) is 10.7. The van der Waals surface area contributed by atoms with E-state index in [-0.39, 0.29) is 5.56 Å². The van der Waals surface area contributed by atoms with Crippen LogP contribution in [0.5, 0.6) is 5.75 Å². The van der Waals surface area contributed by atoms with Crippen molar-refractivity contribution in [1.29, 1.82) is 5.26 Å². The van der Waals surface area contributed by atoms with Gasteiger partial charge in [-0.15, -0.1) is 0 Å². The SMILES string of the molecule is Cc1cc(C)n(N=Cc2cccc(OCc3ccccc3)c2)c(=O)c1C#N. The second-order valence-corrected chi connectivity index (χ2v) is 6.16. The van der Waals surface area contributed by atoms with Gasteiger partial charge in [0.2, 0.25) is 0 Å². The molecule has 0 aliphatic rings. The summed E-state index contributed by atoms with van der Waals surface area (Å²) in [5, 5.41) is 13.4. The van der Waals surface area contributed by atoms with E-state index >= 15 is 0 Å². The molecule has 0 amide bonds. The number of aryl methyl sites for hydroxylation is 2. The predicted molar refractivity (Wildman–Crippen MR) is 105 cm³/mol. The summed E-state index contributed by atoms with van der Waals surface area (Å²) in [6.45, 7) is 4.00. The molecular formula is C22H19N3O2. The van der Waals surface area contributed by atoms with Crippen molar-refractivity contribution in [3.05, 3.63) is 99.0 Å². The first-order valence-electron chi connectivity index (χ1n) is 8.53. The third-order valence-corrected chi connectivity index (χ3v) is 4.10. The minimum Gasteiger partial charge on any atom is -0.489 e. The summed E-state index contributed by atoms with van der Waals surface area (Å²) in [7, 11) is 0. The smallest absolute Gasteiger partial charge is 0.289 e. The Labute approximate surface area is 157 Å². The maximum Gasteiger partial charge on any atom is 0.289 e. The zero-order chi connectivity index (χ0) is 19.2. The molecular weight excluding hydrogens is 338 g/mol. The van der Waals surface area contributed by atoms with Crippen molar-refractivity contribution in [3.63, 3.8) is 0 Å². The first-order valence-corrected chi connectivity index (χ1v) is 8.53. The van der Waals surface area contributed by atoms with Crippen LogP contribution in [0, 0.1) is 25.2 Å². The minimum absolute atomic E-state index is 0.109. The van der Waals surface area contributed by atoms with Crippen molar-refractivity contribution in [2.75, 3.05) is 0 Å². The average Bonchev–Trinajstić information content (AvgIpc) is 2.67. The van der Waals surface area contributed by atoms with E-state index in [2.05, 4.69) is 5.10 Å². The van der Waals surface area contributed by atoms with E-state index in [1.807, 2.05) is 60.7 Å². The molecule has 0 N–H and O–H groups in total. The molecule has 0 aliphatic heterocycles. The lowest BCUT2D eigenvalue weighted by atomic mass is 10.1. The fourth-order valence-corrected chi connectivity index (χ4v) is 2.71. The van der Waals surface area contributed by atoms with Gasteiger partial charge in [-0.2, -0.15) is 10.4 Å². The summed E-state index contributed by atoms with van der Waals surface area (Å²) in [6, 6.07) is 21.1. The van der Waals surface area contributed by atoms with Crippen molar-refractivity contribution in [2.45, 2.75) is 20.5 Å². The van der Waals surface area contributed by atoms with Crippen molar-refractivity contribution < 1.29 is 4.74 Å². The van der Waals surface area contributed by atoms with Gasteiger partial charge >= 0.3 is 0 Å². The summed E-state index contributed by atoms with van der Waals surface area (Å²) >= 11 is 0. The summed E-state index contributed by atoms with van der Waals surface area (Å²) in [5.74, 6) is 0.716. The van der Waals surface area contributed by atoms with Gasteiger partial charge in [0.1, 0.15) is 24.0 Å². The van der Waals surface area contributed by atoms with Gasteiger partial charge in [-0.1, -0.05) is 42.5 Å². The maximum atomic E-state index is 12.4. The predicted octanol–water partition coefficient (Wildman–Crippen LogP) is 3.80. The quantitative estimate of drug-likeness (QED) is 0.652. The Morgan fingerprint density at radius 3 is 2.63 bits per heavy atom. The molecule has 27 heavy (non-hydrogen) atoms. The molecule has 0 atom stereocenters. The van der Waals surface area contributed by atoms with Gasteiger partial charge in [0.05, 0.1) is 6.21 Å². The molecule has 134 valence electrons. The Hall–Kier alpha value is -3.65. The van der Waals surface area contributed by atoms with Crippen LogP contribution in [0.2, 0.25) is 0 Å². The summed E-state index contributed by atoms with van der Waals surface area (Å²) in [6.07, 6.45) is 1.58. The lowest BCUT2D eigenvalue weighted by Gasteiger charge is -2.08. The minimum atomic E-state index is -0.414. The number of rotatable bonds is 5. The number of hydrogen-bond donors (Lipinski definition) is 0. The van der Waals surface area contributed by atoms with Crippen LogP contribution in [-0.2, 0) is 6.61 Å². The second-order valence-electron chi connectivity index (χ2n) is 6.16.